The lowest BCUT2D eigenvalue weighted by Crippen LogP contribution is -2.50. The van der Waals surface area contributed by atoms with Crippen molar-refractivity contribution in [3.63, 3.8) is 0 Å². The lowest BCUT2D eigenvalue weighted by Gasteiger charge is -2.39. The number of pyridine rings is 2. The lowest BCUT2D eigenvalue weighted by atomic mass is 9.88. The average Bonchev–Trinajstić information content (AvgIpc) is 3.45. The van der Waals surface area contributed by atoms with Gasteiger partial charge in [0.15, 0.2) is 5.82 Å². The minimum absolute atomic E-state index is 0.0746. The molecule has 2 N–H and O–H groups in total. The number of amides is 2. The van der Waals surface area contributed by atoms with Gasteiger partial charge in [-0.1, -0.05) is 11.6 Å². The van der Waals surface area contributed by atoms with Gasteiger partial charge in [0.2, 0.25) is 5.91 Å². The highest BCUT2D eigenvalue weighted by atomic mass is 35.5. The van der Waals surface area contributed by atoms with Crippen LogP contribution in [0.3, 0.4) is 0 Å². The third kappa shape index (κ3) is 4.65. The van der Waals surface area contributed by atoms with Crippen molar-refractivity contribution in [2.45, 2.75) is 44.7 Å². The standard InChI is InChI=1S/C25H26ClFN6O3/c1-14-7-17(19(27)12-28-14)20-9-21(32-31-20)24(35)33-6-3-15(10-25(33)4-5-25)23(34)30-13-22-18(26)8-16(36-2)11-29-22/h7-9,11-12,15H,3-6,10,13H2,1-2H3,(H,30,34)(H,31,32). The number of hydrogen-bond acceptors (Lipinski definition) is 6. The molecule has 1 aliphatic carbocycles. The molecule has 5 rings (SSSR count). The number of nitrogens with zero attached hydrogens (tertiary/aromatic N) is 4. The Morgan fingerprint density at radius 2 is 2.08 bits per heavy atom. The highest BCUT2D eigenvalue weighted by molar-refractivity contribution is 6.31. The molecule has 2 aliphatic rings. The normalized spacial score (nSPS) is 18.2. The van der Waals surface area contributed by atoms with Crippen molar-refractivity contribution in [3.05, 3.63) is 58.5 Å². The maximum absolute atomic E-state index is 14.2. The fraction of sp³-hybridized carbons (Fsp3) is 0.400. The van der Waals surface area contributed by atoms with Crippen LogP contribution in [0.5, 0.6) is 5.75 Å². The molecule has 2 fully saturated rings. The molecule has 1 saturated carbocycles. The monoisotopic (exact) mass is 512 g/mol. The molecule has 1 spiro atoms. The van der Waals surface area contributed by atoms with E-state index in [1.807, 2.05) is 4.90 Å². The van der Waals surface area contributed by atoms with E-state index < -0.39 is 5.82 Å². The Bertz CT molecular complexity index is 1320. The van der Waals surface area contributed by atoms with Crippen molar-refractivity contribution in [1.82, 2.24) is 30.4 Å². The van der Waals surface area contributed by atoms with Crippen LogP contribution in [-0.4, -0.2) is 56.1 Å². The maximum Gasteiger partial charge on any atom is 0.272 e. The van der Waals surface area contributed by atoms with Gasteiger partial charge in [-0.3, -0.25) is 24.7 Å². The summed E-state index contributed by atoms with van der Waals surface area (Å²) in [7, 11) is 1.53. The van der Waals surface area contributed by atoms with E-state index in [9.17, 15) is 14.0 Å². The average molecular weight is 513 g/mol. The first-order chi connectivity index (χ1) is 17.3. The van der Waals surface area contributed by atoms with Gasteiger partial charge in [-0.05, 0) is 44.7 Å². The summed E-state index contributed by atoms with van der Waals surface area (Å²) in [5, 5.41) is 10.3. The summed E-state index contributed by atoms with van der Waals surface area (Å²) >= 11 is 6.23. The highest BCUT2D eigenvalue weighted by Crippen LogP contribution is 2.50. The second kappa shape index (κ2) is 9.50. The van der Waals surface area contributed by atoms with E-state index in [0.717, 1.165) is 19.0 Å². The zero-order chi connectivity index (χ0) is 25.4. The van der Waals surface area contributed by atoms with Crippen LogP contribution in [0.25, 0.3) is 11.3 Å². The summed E-state index contributed by atoms with van der Waals surface area (Å²) in [6.45, 7) is 2.44. The fourth-order valence-electron chi connectivity index (χ4n) is 4.81. The Hall–Kier alpha value is -3.53. The molecule has 3 aromatic rings. The molecule has 188 valence electrons. The number of nitrogens with one attached hydrogen (secondary N) is 2. The number of halogens is 2. The van der Waals surface area contributed by atoms with Crippen LogP contribution in [0.15, 0.2) is 30.6 Å². The first-order valence-electron chi connectivity index (χ1n) is 11.8. The quantitative estimate of drug-likeness (QED) is 0.521. The van der Waals surface area contributed by atoms with Crippen molar-refractivity contribution >= 4 is 23.4 Å². The molecule has 9 nitrogen and oxygen atoms in total. The van der Waals surface area contributed by atoms with Crippen LogP contribution in [0, 0.1) is 18.7 Å². The van der Waals surface area contributed by atoms with E-state index in [-0.39, 0.29) is 29.8 Å². The smallest absolute Gasteiger partial charge is 0.272 e. The van der Waals surface area contributed by atoms with Crippen LogP contribution in [0.1, 0.15) is 47.6 Å². The summed E-state index contributed by atoms with van der Waals surface area (Å²) in [6.07, 6.45) is 5.52. The van der Waals surface area contributed by atoms with Crippen molar-refractivity contribution in [2.24, 2.45) is 5.92 Å². The number of aromatic amines is 1. The Kier molecular flexibility index (Phi) is 6.38. The van der Waals surface area contributed by atoms with Gasteiger partial charge in [0, 0.05) is 35.3 Å². The highest BCUT2D eigenvalue weighted by Gasteiger charge is 2.54. The van der Waals surface area contributed by atoms with Crippen molar-refractivity contribution < 1.29 is 18.7 Å². The number of H-pyrrole nitrogens is 1. The SMILES string of the molecule is COc1cnc(CNC(=O)C2CCN(C(=O)c3cc(-c4cc(C)ncc4F)n[nH]3)C3(CC3)C2)c(Cl)c1. The molecule has 0 aromatic carbocycles. The van der Waals surface area contributed by atoms with Gasteiger partial charge < -0.3 is 15.0 Å². The molecule has 0 bridgehead atoms. The zero-order valence-electron chi connectivity index (χ0n) is 20.0. The number of hydrogen-bond donors (Lipinski definition) is 2. The Morgan fingerprint density at radius 3 is 2.81 bits per heavy atom. The molecular formula is C25H26ClFN6O3. The number of aryl methyl sites for hydroxylation is 1. The maximum atomic E-state index is 14.2. The summed E-state index contributed by atoms with van der Waals surface area (Å²) in [6, 6.07) is 4.83. The largest absolute Gasteiger partial charge is 0.495 e. The van der Waals surface area contributed by atoms with E-state index in [4.69, 9.17) is 16.3 Å². The minimum atomic E-state index is -0.497. The molecule has 4 heterocycles. The second-order valence-corrected chi connectivity index (χ2v) is 9.77. The van der Waals surface area contributed by atoms with Gasteiger partial charge in [0.05, 0.1) is 42.5 Å². The molecule has 1 aliphatic heterocycles. The molecule has 0 radical (unpaired) electrons. The Balaban J connectivity index is 1.23. The van der Waals surface area contributed by atoms with Gasteiger partial charge in [0.1, 0.15) is 11.4 Å². The first-order valence-corrected chi connectivity index (χ1v) is 12.1. The second-order valence-electron chi connectivity index (χ2n) is 9.36. The first kappa shape index (κ1) is 24.2. The Morgan fingerprint density at radius 1 is 1.28 bits per heavy atom. The number of aromatic nitrogens is 4. The Labute approximate surface area is 212 Å². The minimum Gasteiger partial charge on any atom is -0.495 e. The van der Waals surface area contributed by atoms with Crippen LogP contribution < -0.4 is 10.1 Å². The van der Waals surface area contributed by atoms with E-state index in [1.165, 1.54) is 7.11 Å². The predicted molar refractivity (Wildman–Crippen MR) is 130 cm³/mol. The van der Waals surface area contributed by atoms with E-state index in [0.29, 0.717) is 58.5 Å². The molecule has 36 heavy (non-hydrogen) atoms. The van der Waals surface area contributed by atoms with Gasteiger partial charge in [-0.25, -0.2) is 4.39 Å². The van der Waals surface area contributed by atoms with Crippen molar-refractivity contribution in [2.75, 3.05) is 13.7 Å². The fourth-order valence-corrected chi connectivity index (χ4v) is 5.03. The molecule has 3 aromatic heterocycles. The van der Waals surface area contributed by atoms with Gasteiger partial charge in [-0.15, -0.1) is 0 Å². The topological polar surface area (TPSA) is 113 Å². The third-order valence-corrected chi connectivity index (χ3v) is 7.30. The zero-order valence-corrected chi connectivity index (χ0v) is 20.7. The summed E-state index contributed by atoms with van der Waals surface area (Å²) in [5.74, 6) is -0.421. The van der Waals surface area contributed by atoms with Crippen LogP contribution in [0.4, 0.5) is 4.39 Å². The predicted octanol–water partition coefficient (Wildman–Crippen LogP) is 3.68. The molecular weight excluding hydrogens is 487 g/mol. The number of likely N-dealkylation sites (tertiary alicyclic amines) is 1. The van der Waals surface area contributed by atoms with Crippen LogP contribution in [0.2, 0.25) is 5.02 Å². The number of methoxy groups -OCH3 is 1. The summed E-state index contributed by atoms with van der Waals surface area (Å²) in [4.78, 5) is 36.3. The molecule has 1 unspecified atom stereocenters. The van der Waals surface area contributed by atoms with Gasteiger partial charge in [0.25, 0.3) is 5.91 Å². The molecule has 2 amide bonds. The summed E-state index contributed by atoms with van der Waals surface area (Å²) in [5.41, 5.74) is 1.83. The van der Waals surface area contributed by atoms with Gasteiger partial charge in [-0.2, -0.15) is 5.10 Å². The lowest BCUT2D eigenvalue weighted by molar-refractivity contribution is -0.127. The van der Waals surface area contributed by atoms with E-state index in [2.05, 4.69) is 25.5 Å². The van der Waals surface area contributed by atoms with Crippen LogP contribution in [-0.2, 0) is 11.3 Å². The number of carbonyl (C=O) groups is 2. The van der Waals surface area contributed by atoms with E-state index >= 15 is 0 Å². The molecule has 1 saturated heterocycles. The number of rotatable bonds is 6. The van der Waals surface area contributed by atoms with E-state index in [1.54, 1.807) is 31.3 Å². The number of ether oxygens (including phenoxy) is 1. The van der Waals surface area contributed by atoms with Crippen LogP contribution >= 0.6 is 11.6 Å². The molecule has 1 atom stereocenters. The van der Waals surface area contributed by atoms with Crippen molar-refractivity contribution in [3.8, 4) is 17.0 Å². The molecule has 11 heteroatoms. The van der Waals surface area contributed by atoms with Crippen molar-refractivity contribution in [1.29, 1.82) is 0 Å². The third-order valence-electron chi connectivity index (χ3n) is 6.98. The summed E-state index contributed by atoms with van der Waals surface area (Å²) < 4.78 is 19.3. The number of carbonyl (C=O) groups excluding carboxylic acids is 2. The van der Waals surface area contributed by atoms with Gasteiger partial charge >= 0.3 is 0 Å². The number of piperidine rings is 1.